The quantitative estimate of drug-likeness (QED) is 0.384. The van der Waals surface area contributed by atoms with Crippen molar-refractivity contribution in [2.75, 3.05) is 5.88 Å². The van der Waals surface area contributed by atoms with Gasteiger partial charge in [0.25, 0.3) is 0 Å². The summed E-state index contributed by atoms with van der Waals surface area (Å²) in [6.07, 6.45) is 8.26. The maximum atomic E-state index is 6.31. The Hall–Kier alpha value is 0.290. The first-order valence-electron chi connectivity index (χ1n) is 10.4. The lowest BCUT2D eigenvalue weighted by Gasteiger charge is -2.41. The molecule has 0 aromatic carbocycles. The lowest BCUT2D eigenvalue weighted by Crippen LogP contribution is -2.32. The standard InChI is InChI=1S/C23H45Cl/c1-17(2)19-11-10-12-20(19)23(8,9)14-13-22(6,7)15-18(16-24)21(3,4)5/h17-20H,10-16H2,1-9H3. The lowest BCUT2D eigenvalue weighted by atomic mass is 9.64. The van der Waals surface area contributed by atoms with Crippen molar-refractivity contribution in [1.29, 1.82) is 0 Å². The average molecular weight is 357 g/mol. The molecule has 1 aliphatic rings. The zero-order valence-corrected chi connectivity index (χ0v) is 18.9. The molecule has 1 rings (SSSR count). The number of rotatable bonds is 8. The third-order valence-electron chi connectivity index (χ3n) is 7.09. The summed E-state index contributed by atoms with van der Waals surface area (Å²) in [4.78, 5) is 0. The van der Waals surface area contributed by atoms with Crippen molar-refractivity contribution in [3.8, 4) is 0 Å². The van der Waals surface area contributed by atoms with E-state index in [1.165, 1.54) is 38.5 Å². The van der Waals surface area contributed by atoms with E-state index in [0.29, 0.717) is 22.2 Å². The van der Waals surface area contributed by atoms with E-state index in [9.17, 15) is 0 Å². The van der Waals surface area contributed by atoms with Gasteiger partial charge in [0.1, 0.15) is 0 Å². The highest BCUT2D eigenvalue weighted by molar-refractivity contribution is 6.18. The Morgan fingerprint density at radius 1 is 0.917 bits per heavy atom. The van der Waals surface area contributed by atoms with Crippen LogP contribution < -0.4 is 0 Å². The summed E-state index contributed by atoms with van der Waals surface area (Å²) >= 11 is 6.31. The molecular formula is C23H45Cl. The number of hydrogen-bond donors (Lipinski definition) is 0. The van der Waals surface area contributed by atoms with Gasteiger partial charge in [0.05, 0.1) is 0 Å². The van der Waals surface area contributed by atoms with E-state index >= 15 is 0 Å². The van der Waals surface area contributed by atoms with Crippen LogP contribution in [-0.2, 0) is 0 Å². The van der Waals surface area contributed by atoms with Crippen LogP contribution >= 0.6 is 11.6 Å². The van der Waals surface area contributed by atoms with Gasteiger partial charge in [-0.25, -0.2) is 0 Å². The second-order valence-corrected chi connectivity index (χ2v) is 11.8. The zero-order chi connectivity index (χ0) is 18.8. The monoisotopic (exact) mass is 356 g/mol. The minimum absolute atomic E-state index is 0.308. The van der Waals surface area contributed by atoms with Crippen molar-refractivity contribution in [2.24, 2.45) is 39.9 Å². The van der Waals surface area contributed by atoms with Crippen molar-refractivity contribution < 1.29 is 0 Å². The topological polar surface area (TPSA) is 0 Å². The molecule has 24 heavy (non-hydrogen) atoms. The summed E-state index contributed by atoms with van der Waals surface area (Å²) in [5.41, 5.74) is 1.17. The maximum Gasteiger partial charge on any atom is 0.0256 e. The Morgan fingerprint density at radius 3 is 1.96 bits per heavy atom. The highest BCUT2D eigenvalue weighted by atomic mass is 35.5. The van der Waals surface area contributed by atoms with Gasteiger partial charge in [-0.05, 0) is 72.0 Å². The van der Waals surface area contributed by atoms with Crippen molar-refractivity contribution in [2.45, 2.75) is 101 Å². The molecule has 1 saturated carbocycles. The van der Waals surface area contributed by atoms with E-state index in [-0.39, 0.29) is 0 Å². The van der Waals surface area contributed by atoms with Gasteiger partial charge in [0, 0.05) is 5.88 Å². The predicted octanol–water partition coefficient (Wildman–Crippen LogP) is 8.18. The molecule has 0 spiro atoms. The van der Waals surface area contributed by atoms with Crippen molar-refractivity contribution in [3.63, 3.8) is 0 Å². The number of hydrogen-bond acceptors (Lipinski definition) is 0. The van der Waals surface area contributed by atoms with Crippen LogP contribution in [-0.4, -0.2) is 5.88 Å². The molecule has 0 aliphatic heterocycles. The summed E-state index contributed by atoms with van der Waals surface area (Å²) in [6, 6.07) is 0. The molecule has 1 fully saturated rings. The fourth-order valence-corrected chi connectivity index (χ4v) is 5.54. The van der Waals surface area contributed by atoms with Crippen LogP contribution in [0, 0.1) is 39.9 Å². The largest absolute Gasteiger partial charge is 0.126 e. The average Bonchev–Trinajstić information content (AvgIpc) is 2.92. The van der Waals surface area contributed by atoms with Gasteiger partial charge in [0.15, 0.2) is 0 Å². The molecule has 0 amide bonds. The highest BCUT2D eigenvalue weighted by Gasteiger charge is 2.41. The minimum atomic E-state index is 0.308. The zero-order valence-electron chi connectivity index (χ0n) is 18.1. The summed E-state index contributed by atoms with van der Waals surface area (Å²) in [6.45, 7) is 21.9. The third-order valence-corrected chi connectivity index (χ3v) is 7.46. The van der Waals surface area contributed by atoms with E-state index < -0.39 is 0 Å². The molecule has 1 aliphatic carbocycles. The normalized spacial score (nSPS) is 24.6. The Balaban J connectivity index is 2.68. The maximum absolute atomic E-state index is 6.31. The van der Waals surface area contributed by atoms with Crippen molar-refractivity contribution in [3.05, 3.63) is 0 Å². The van der Waals surface area contributed by atoms with Crippen LogP contribution in [0.3, 0.4) is 0 Å². The van der Waals surface area contributed by atoms with Gasteiger partial charge < -0.3 is 0 Å². The van der Waals surface area contributed by atoms with Crippen molar-refractivity contribution >= 4 is 11.6 Å². The Bertz CT molecular complexity index is 372. The Kier molecular flexibility index (Phi) is 7.74. The van der Waals surface area contributed by atoms with Gasteiger partial charge in [-0.1, -0.05) is 68.7 Å². The summed E-state index contributed by atoms with van der Waals surface area (Å²) in [7, 11) is 0. The molecule has 1 heteroatoms. The molecule has 0 aromatic heterocycles. The molecule has 0 N–H and O–H groups in total. The minimum Gasteiger partial charge on any atom is -0.126 e. The molecular weight excluding hydrogens is 312 g/mol. The molecule has 0 saturated heterocycles. The van der Waals surface area contributed by atoms with Gasteiger partial charge >= 0.3 is 0 Å². The summed E-state index contributed by atoms with van der Waals surface area (Å²) in [5.74, 6) is 4.08. The Morgan fingerprint density at radius 2 is 1.50 bits per heavy atom. The molecule has 0 nitrogen and oxygen atoms in total. The first kappa shape index (κ1) is 22.3. The molecule has 0 radical (unpaired) electrons. The summed E-state index contributed by atoms with van der Waals surface area (Å²) in [5, 5.41) is 0. The van der Waals surface area contributed by atoms with Crippen LogP contribution in [0.15, 0.2) is 0 Å². The van der Waals surface area contributed by atoms with E-state index in [0.717, 1.165) is 23.6 Å². The van der Waals surface area contributed by atoms with E-state index in [2.05, 4.69) is 62.3 Å². The van der Waals surface area contributed by atoms with Crippen LogP contribution in [0.4, 0.5) is 0 Å². The van der Waals surface area contributed by atoms with Crippen LogP contribution in [0.1, 0.15) is 101 Å². The molecule has 0 heterocycles. The molecule has 0 aromatic rings. The number of halogens is 1. The molecule has 3 unspecified atom stereocenters. The molecule has 144 valence electrons. The van der Waals surface area contributed by atoms with Crippen LogP contribution in [0.25, 0.3) is 0 Å². The second kappa shape index (κ2) is 8.32. The van der Waals surface area contributed by atoms with Gasteiger partial charge in [-0.3, -0.25) is 0 Å². The molecule has 3 atom stereocenters. The van der Waals surface area contributed by atoms with E-state index in [1.54, 1.807) is 0 Å². The van der Waals surface area contributed by atoms with Crippen LogP contribution in [0.5, 0.6) is 0 Å². The highest BCUT2D eigenvalue weighted by Crippen LogP contribution is 2.50. The number of alkyl halides is 1. The first-order chi connectivity index (χ1) is 10.8. The Labute approximate surface area is 158 Å². The van der Waals surface area contributed by atoms with Gasteiger partial charge in [-0.15, -0.1) is 11.6 Å². The van der Waals surface area contributed by atoms with E-state index in [1.807, 2.05) is 0 Å². The smallest absolute Gasteiger partial charge is 0.0256 e. The first-order valence-corrected chi connectivity index (χ1v) is 10.9. The van der Waals surface area contributed by atoms with Crippen LogP contribution in [0.2, 0.25) is 0 Å². The van der Waals surface area contributed by atoms with Gasteiger partial charge in [0.2, 0.25) is 0 Å². The van der Waals surface area contributed by atoms with Gasteiger partial charge in [-0.2, -0.15) is 0 Å². The SMILES string of the molecule is CC(C)C1CCCC1C(C)(C)CCC(C)(C)CC(CCl)C(C)(C)C. The molecule has 0 bridgehead atoms. The van der Waals surface area contributed by atoms with E-state index in [4.69, 9.17) is 11.6 Å². The second-order valence-electron chi connectivity index (χ2n) is 11.5. The van der Waals surface area contributed by atoms with Crippen molar-refractivity contribution in [1.82, 2.24) is 0 Å². The summed E-state index contributed by atoms with van der Waals surface area (Å²) < 4.78 is 0. The third kappa shape index (κ3) is 6.22. The predicted molar refractivity (Wildman–Crippen MR) is 111 cm³/mol. The fourth-order valence-electron chi connectivity index (χ4n) is 4.96. The fraction of sp³-hybridized carbons (Fsp3) is 1.00. The lowest BCUT2D eigenvalue weighted by molar-refractivity contribution is 0.0911.